The summed E-state index contributed by atoms with van der Waals surface area (Å²) >= 11 is 0. The van der Waals surface area contributed by atoms with E-state index in [2.05, 4.69) is 31.2 Å². The number of aryl methyl sites for hydroxylation is 1. The highest BCUT2D eigenvalue weighted by Crippen LogP contribution is 2.07. The van der Waals surface area contributed by atoms with Crippen molar-refractivity contribution in [3.8, 4) is 6.07 Å². The van der Waals surface area contributed by atoms with Crippen LogP contribution in [0.4, 0.5) is 0 Å². The van der Waals surface area contributed by atoms with Gasteiger partial charge < -0.3 is 0 Å². The van der Waals surface area contributed by atoms with Crippen molar-refractivity contribution in [1.29, 1.82) is 5.26 Å². The topological polar surface area (TPSA) is 44.1 Å². The average molecular weight is 230 g/mol. The van der Waals surface area contributed by atoms with E-state index in [1.165, 1.54) is 11.1 Å². The Hall–Kier alpha value is -1.66. The van der Waals surface area contributed by atoms with E-state index in [4.69, 9.17) is 5.26 Å². The van der Waals surface area contributed by atoms with E-state index in [9.17, 15) is 4.79 Å². The van der Waals surface area contributed by atoms with Gasteiger partial charge in [0.1, 0.15) is 0 Å². The minimum Gasteiger partial charge on any atom is -0.297 e. The third-order valence-electron chi connectivity index (χ3n) is 2.61. The summed E-state index contributed by atoms with van der Waals surface area (Å²) < 4.78 is 0. The number of hydrogen-bond acceptors (Lipinski definition) is 3. The summed E-state index contributed by atoms with van der Waals surface area (Å²) in [6.07, 6.45) is 1.04. The molecule has 1 aromatic rings. The van der Waals surface area contributed by atoms with Gasteiger partial charge in [0, 0.05) is 6.54 Å². The van der Waals surface area contributed by atoms with Gasteiger partial charge in [0.15, 0.2) is 5.78 Å². The number of nitriles is 1. The summed E-state index contributed by atoms with van der Waals surface area (Å²) in [5.74, 6) is -0.0276. The fourth-order valence-electron chi connectivity index (χ4n) is 1.69. The van der Waals surface area contributed by atoms with Gasteiger partial charge in [0.25, 0.3) is 0 Å². The van der Waals surface area contributed by atoms with Crippen LogP contribution in [0.1, 0.15) is 24.5 Å². The lowest BCUT2D eigenvalue weighted by atomic mass is 10.1. The van der Waals surface area contributed by atoms with Crippen molar-refractivity contribution in [3.63, 3.8) is 0 Å². The lowest BCUT2D eigenvalue weighted by Crippen LogP contribution is -2.25. The summed E-state index contributed by atoms with van der Waals surface area (Å²) in [4.78, 5) is 13.2. The Morgan fingerprint density at radius 2 is 1.88 bits per heavy atom. The molecule has 17 heavy (non-hydrogen) atoms. The minimum atomic E-state index is -0.0276. The number of carbonyl (C=O) groups is 1. The normalized spacial score (nSPS) is 10.2. The van der Waals surface area contributed by atoms with Crippen LogP contribution in [0.25, 0.3) is 0 Å². The molecule has 0 atom stereocenters. The molecule has 0 heterocycles. The van der Waals surface area contributed by atoms with Gasteiger partial charge in [0.2, 0.25) is 0 Å². The van der Waals surface area contributed by atoms with Crippen LogP contribution in [0.5, 0.6) is 0 Å². The molecule has 0 N–H and O–H groups in total. The van der Waals surface area contributed by atoms with E-state index in [1.54, 1.807) is 0 Å². The third-order valence-corrected chi connectivity index (χ3v) is 2.61. The average Bonchev–Trinajstić information content (AvgIpc) is 2.30. The zero-order valence-electron chi connectivity index (χ0n) is 10.4. The molecule has 0 aliphatic carbocycles. The molecular weight excluding hydrogens is 212 g/mol. The zero-order valence-corrected chi connectivity index (χ0v) is 10.4. The molecule has 0 bridgehead atoms. The van der Waals surface area contributed by atoms with Crippen molar-refractivity contribution in [2.24, 2.45) is 0 Å². The van der Waals surface area contributed by atoms with Gasteiger partial charge in [-0.3, -0.25) is 9.69 Å². The fourth-order valence-corrected chi connectivity index (χ4v) is 1.69. The van der Waals surface area contributed by atoms with Gasteiger partial charge in [-0.25, -0.2) is 0 Å². The molecule has 0 fully saturated rings. The molecule has 0 aromatic heterocycles. The van der Waals surface area contributed by atoms with Gasteiger partial charge >= 0.3 is 0 Å². The Morgan fingerprint density at radius 1 is 1.29 bits per heavy atom. The quantitative estimate of drug-likeness (QED) is 0.752. The number of Topliss-reactive ketones (excluding diaryl/α,β-unsaturated/α-hetero) is 1. The van der Waals surface area contributed by atoms with Gasteiger partial charge in [0.05, 0.1) is 19.0 Å². The first-order valence-electron chi connectivity index (χ1n) is 5.80. The van der Waals surface area contributed by atoms with E-state index in [0.29, 0.717) is 6.54 Å². The van der Waals surface area contributed by atoms with E-state index >= 15 is 0 Å². The van der Waals surface area contributed by atoms with Gasteiger partial charge in [-0.1, -0.05) is 31.2 Å². The van der Waals surface area contributed by atoms with Crippen molar-refractivity contribution < 1.29 is 4.79 Å². The van der Waals surface area contributed by atoms with Gasteiger partial charge in [-0.2, -0.15) is 5.26 Å². The van der Waals surface area contributed by atoms with Crippen LogP contribution in [0.15, 0.2) is 24.3 Å². The molecule has 1 aromatic carbocycles. The second-order valence-electron chi connectivity index (χ2n) is 4.22. The van der Waals surface area contributed by atoms with E-state index in [-0.39, 0.29) is 12.2 Å². The first-order chi connectivity index (χ1) is 8.15. The number of likely N-dealkylation sites (N-methyl/N-ethyl adjacent to an activating group) is 1. The first kappa shape index (κ1) is 13.4. The maximum absolute atomic E-state index is 11.3. The molecule has 0 saturated heterocycles. The number of nitrogens with zero attached hydrogens (tertiary/aromatic N) is 2. The second kappa shape index (κ2) is 6.82. The highest BCUT2D eigenvalue weighted by atomic mass is 16.1. The van der Waals surface area contributed by atoms with Crippen LogP contribution in [-0.2, 0) is 17.8 Å². The van der Waals surface area contributed by atoms with Crippen LogP contribution in [0, 0.1) is 11.3 Å². The summed E-state index contributed by atoms with van der Waals surface area (Å²) in [5.41, 5.74) is 2.51. The lowest BCUT2D eigenvalue weighted by molar-refractivity contribution is -0.119. The Bertz CT molecular complexity index is 403. The number of carbonyl (C=O) groups excluding carboxylic acids is 1. The smallest absolute Gasteiger partial charge is 0.160 e. The molecule has 0 aliphatic heterocycles. The fraction of sp³-hybridized carbons (Fsp3) is 0.429. The number of ketones is 1. The standard InChI is InChI=1S/C14H18N2O/c1-3-12-4-6-13(7-5-12)10-16(2)11-14(17)8-9-15/h4-7H,3,8,10-11H2,1-2H3. The van der Waals surface area contributed by atoms with E-state index in [1.807, 2.05) is 18.0 Å². The summed E-state index contributed by atoms with van der Waals surface area (Å²) in [6.45, 7) is 3.20. The summed E-state index contributed by atoms with van der Waals surface area (Å²) in [5, 5.41) is 8.41. The van der Waals surface area contributed by atoms with Crippen molar-refractivity contribution in [2.45, 2.75) is 26.3 Å². The first-order valence-corrected chi connectivity index (χ1v) is 5.80. The van der Waals surface area contributed by atoms with Gasteiger partial charge in [-0.15, -0.1) is 0 Å². The molecule has 3 heteroatoms. The lowest BCUT2D eigenvalue weighted by Gasteiger charge is -2.15. The summed E-state index contributed by atoms with van der Waals surface area (Å²) in [6, 6.07) is 10.3. The largest absolute Gasteiger partial charge is 0.297 e. The SMILES string of the molecule is CCc1ccc(CN(C)CC(=O)CC#N)cc1. The number of rotatable bonds is 6. The van der Waals surface area contributed by atoms with Crippen molar-refractivity contribution in [1.82, 2.24) is 4.90 Å². The molecular formula is C14H18N2O. The molecule has 90 valence electrons. The molecule has 0 saturated carbocycles. The van der Waals surface area contributed by atoms with Crippen molar-refractivity contribution >= 4 is 5.78 Å². The van der Waals surface area contributed by atoms with Gasteiger partial charge in [-0.05, 0) is 24.6 Å². The predicted molar refractivity (Wildman–Crippen MR) is 67.4 cm³/mol. The monoisotopic (exact) mass is 230 g/mol. The summed E-state index contributed by atoms with van der Waals surface area (Å²) in [7, 11) is 1.89. The zero-order chi connectivity index (χ0) is 12.7. The molecule has 0 amide bonds. The third kappa shape index (κ3) is 4.80. The molecule has 3 nitrogen and oxygen atoms in total. The van der Waals surface area contributed by atoms with Crippen molar-refractivity contribution in [3.05, 3.63) is 35.4 Å². The maximum atomic E-state index is 11.3. The second-order valence-corrected chi connectivity index (χ2v) is 4.22. The highest BCUT2D eigenvalue weighted by Gasteiger charge is 2.06. The van der Waals surface area contributed by atoms with E-state index in [0.717, 1.165) is 13.0 Å². The molecule has 0 aliphatic rings. The molecule has 0 spiro atoms. The van der Waals surface area contributed by atoms with Crippen LogP contribution in [0.2, 0.25) is 0 Å². The predicted octanol–water partition coefficient (Wildman–Crippen LogP) is 2.16. The number of benzene rings is 1. The minimum absolute atomic E-state index is 0.000880. The maximum Gasteiger partial charge on any atom is 0.160 e. The Kier molecular flexibility index (Phi) is 5.38. The Balaban J connectivity index is 2.47. The Morgan fingerprint density at radius 3 is 2.41 bits per heavy atom. The molecule has 0 radical (unpaired) electrons. The number of hydrogen-bond donors (Lipinski definition) is 0. The van der Waals surface area contributed by atoms with Crippen molar-refractivity contribution in [2.75, 3.05) is 13.6 Å². The van der Waals surface area contributed by atoms with E-state index < -0.39 is 0 Å². The molecule has 1 rings (SSSR count). The Labute approximate surface area is 103 Å². The van der Waals surface area contributed by atoms with Crippen LogP contribution in [-0.4, -0.2) is 24.3 Å². The highest BCUT2D eigenvalue weighted by molar-refractivity contribution is 5.82. The van der Waals surface area contributed by atoms with Crippen LogP contribution < -0.4 is 0 Å². The molecule has 0 unspecified atom stereocenters. The van der Waals surface area contributed by atoms with Crippen LogP contribution >= 0.6 is 0 Å². The van der Waals surface area contributed by atoms with Crippen LogP contribution in [0.3, 0.4) is 0 Å².